The molecule has 1 heterocycles. The first kappa shape index (κ1) is 18.4. The summed E-state index contributed by atoms with van der Waals surface area (Å²) in [5.74, 6) is -0.366. The average Bonchev–Trinajstić information content (AvgIpc) is 2.99. The highest BCUT2D eigenvalue weighted by atomic mass is 32.2. The maximum Gasteiger partial charge on any atom is 0.352 e. The van der Waals surface area contributed by atoms with Gasteiger partial charge in [0.1, 0.15) is 16.7 Å². The number of para-hydroxylation sites is 1. The lowest BCUT2D eigenvalue weighted by Crippen LogP contribution is -2.15. The van der Waals surface area contributed by atoms with Crippen molar-refractivity contribution in [3.8, 4) is 5.75 Å². The predicted molar refractivity (Wildman–Crippen MR) is 103 cm³/mol. The van der Waals surface area contributed by atoms with E-state index >= 15 is 0 Å². The lowest BCUT2D eigenvalue weighted by atomic mass is 10.2. The third kappa shape index (κ3) is 3.57. The van der Waals surface area contributed by atoms with Crippen LogP contribution in [-0.2, 0) is 17.7 Å². The normalized spacial score (nSPS) is 12.5. The van der Waals surface area contributed by atoms with E-state index in [-0.39, 0.29) is 10.9 Å². The molecule has 0 radical (unpaired) electrons. The Hall–Kier alpha value is -2.44. The molecule has 6 heteroatoms. The highest BCUT2D eigenvalue weighted by Crippen LogP contribution is 2.27. The number of carboxylic acid groups (broad SMARTS) is 1. The second kappa shape index (κ2) is 7.43. The molecule has 3 aromatic rings. The molecule has 0 saturated carbocycles. The van der Waals surface area contributed by atoms with E-state index in [1.54, 1.807) is 23.8 Å². The van der Waals surface area contributed by atoms with Gasteiger partial charge in [0.25, 0.3) is 0 Å². The Kier molecular flexibility index (Phi) is 5.25. The summed E-state index contributed by atoms with van der Waals surface area (Å²) in [6.07, 6.45) is 0. The van der Waals surface area contributed by atoms with E-state index in [9.17, 15) is 14.5 Å². The molecule has 0 saturated heterocycles. The third-order valence-electron chi connectivity index (χ3n) is 4.21. The maximum absolute atomic E-state index is 12.5. The van der Waals surface area contributed by atoms with Crippen molar-refractivity contribution in [3.05, 3.63) is 59.8 Å². The number of benzene rings is 2. The van der Waals surface area contributed by atoms with Gasteiger partial charge in [-0.15, -0.1) is 0 Å². The van der Waals surface area contributed by atoms with Gasteiger partial charge in [0.2, 0.25) is 0 Å². The Morgan fingerprint density at radius 3 is 2.62 bits per heavy atom. The summed E-state index contributed by atoms with van der Waals surface area (Å²) in [4.78, 5) is 12.4. The Balaban J connectivity index is 2.09. The molecule has 1 atom stereocenters. The Morgan fingerprint density at radius 2 is 1.96 bits per heavy atom. The first-order valence-electron chi connectivity index (χ1n) is 8.31. The minimum absolute atomic E-state index is 0.0167. The van der Waals surface area contributed by atoms with Crippen LogP contribution in [0.2, 0.25) is 0 Å². The van der Waals surface area contributed by atoms with Crippen molar-refractivity contribution < 1.29 is 19.2 Å². The highest BCUT2D eigenvalue weighted by Gasteiger charge is 2.19. The minimum atomic E-state index is -1.15. The van der Waals surface area contributed by atoms with Crippen molar-refractivity contribution in [1.82, 2.24) is 4.57 Å². The Morgan fingerprint density at radius 1 is 1.23 bits per heavy atom. The van der Waals surface area contributed by atoms with Crippen molar-refractivity contribution in [1.29, 1.82) is 0 Å². The summed E-state index contributed by atoms with van der Waals surface area (Å²) in [7, 11) is 1.56. The molecule has 0 fully saturated rings. The van der Waals surface area contributed by atoms with Crippen LogP contribution in [0.4, 0.5) is 0 Å². The standard InChI is InChI=1S/C20H21NO4S/c1-13(2)26(24)17-9-14(8-16(11-17)25-3)12-21-18-7-5-4-6-15(18)10-19(21)20(22)23/h4-11,13H,12H2,1-3H3,(H,22,23). The molecule has 0 amide bonds. The van der Waals surface area contributed by atoms with E-state index in [0.717, 1.165) is 16.5 Å². The van der Waals surface area contributed by atoms with E-state index in [1.807, 2.05) is 50.2 Å². The van der Waals surface area contributed by atoms with Crippen molar-refractivity contribution in [2.45, 2.75) is 30.5 Å². The van der Waals surface area contributed by atoms with E-state index in [4.69, 9.17) is 4.74 Å². The topological polar surface area (TPSA) is 74.5 Å². The third-order valence-corrected chi connectivity index (χ3v) is 5.76. The first-order valence-corrected chi connectivity index (χ1v) is 9.52. The zero-order valence-electron chi connectivity index (χ0n) is 14.9. The van der Waals surface area contributed by atoms with Gasteiger partial charge in [-0.3, -0.25) is 0 Å². The van der Waals surface area contributed by atoms with Gasteiger partial charge in [0, 0.05) is 23.5 Å². The lowest BCUT2D eigenvalue weighted by Gasteiger charge is -2.17. The minimum Gasteiger partial charge on any atom is -0.611 e. The second-order valence-electron chi connectivity index (χ2n) is 6.34. The molecule has 0 spiro atoms. The Bertz CT molecular complexity index is 948. The summed E-state index contributed by atoms with van der Waals surface area (Å²) >= 11 is -1.15. The average molecular weight is 371 g/mol. The molecule has 0 bridgehead atoms. The van der Waals surface area contributed by atoms with Gasteiger partial charge in [-0.05, 0) is 54.9 Å². The van der Waals surface area contributed by atoms with Crippen molar-refractivity contribution in [2.24, 2.45) is 0 Å². The zero-order chi connectivity index (χ0) is 18.8. The van der Waals surface area contributed by atoms with Gasteiger partial charge >= 0.3 is 5.97 Å². The molecule has 1 unspecified atom stereocenters. The van der Waals surface area contributed by atoms with E-state index in [1.165, 1.54) is 0 Å². The summed E-state index contributed by atoms with van der Waals surface area (Å²) in [6.45, 7) is 4.16. The first-order chi connectivity index (χ1) is 12.4. The monoisotopic (exact) mass is 371 g/mol. The SMILES string of the molecule is COc1cc(Cn2c(C(=O)O)cc3ccccc32)cc([S+]([O-])C(C)C)c1. The second-order valence-corrected chi connectivity index (χ2v) is 8.35. The summed E-state index contributed by atoms with van der Waals surface area (Å²) in [5.41, 5.74) is 1.91. The van der Waals surface area contributed by atoms with Crippen LogP contribution in [0.3, 0.4) is 0 Å². The van der Waals surface area contributed by atoms with Crippen LogP contribution < -0.4 is 4.74 Å². The number of methoxy groups -OCH3 is 1. The zero-order valence-corrected chi connectivity index (χ0v) is 15.7. The highest BCUT2D eigenvalue weighted by molar-refractivity contribution is 7.92. The molecule has 5 nitrogen and oxygen atoms in total. The van der Waals surface area contributed by atoms with Gasteiger partial charge in [-0.25, -0.2) is 4.79 Å². The summed E-state index contributed by atoms with van der Waals surface area (Å²) in [6, 6.07) is 14.7. The molecular formula is C20H21NO4S. The Labute approximate surface area is 155 Å². The van der Waals surface area contributed by atoms with E-state index in [0.29, 0.717) is 17.2 Å². The number of hydrogen-bond acceptors (Lipinski definition) is 3. The summed E-state index contributed by atoms with van der Waals surface area (Å²) < 4.78 is 19.6. The van der Waals surface area contributed by atoms with Crippen molar-refractivity contribution >= 4 is 28.0 Å². The molecular weight excluding hydrogens is 350 g/mol. The molecule has 2 aromatic carbocycles. The lowest BCUT2D eigenvalue weighted by molar-refractivity contribution is 0.0686. The molecule has 136 valence electrons. The molecule has 0 aliphatic rings. The summed E-state index contributed by atoms with van der Waals surface area (Å²) in [5, 5.41) is 10.4. The van der Waals surface area contributed by atoms with Crippen LogP contribution in [-0.4, -0.2) is 32.6 Å². The molecule has 26 heavy (non-hydrogen) atoms. The fourth-order valence-electron chi connectivity index (χ4n) is 2.97. The van der Waals surface area contributed by atoms with Crippen LogP contribution >= 0.6 is 0 Å². The quantitative estimate of drug-likeness (QED) is 0.667. The van der Waals surface area contributed by atoms with Gasteiger partial charge in [0.15, 0.2) is 4.90 Å². The van der Waals surface area contributed by atoms with Crippen LogP contribution in [0, 0.1) is 0 Å². The number of carboxylic acids is 1. The molecule has 1 N–H and O–H groups in total. The number of nitrogens with zero attached hydrogens (tertiary/aromatic N) is 1. The van der Waals surface area contributed by atoms with Crippen molar-refractivity contribution in [2.75, 3.05) is 7.11 Å². The number of rotatable bonds is 6. The van der Waals surface area contributed by atoms with Crippen molar-refractivity contribution in [3.63, 3.8) is 0 Å². The van der Waals surface area contributed by atoms with Crippen LogP contribution in [0.15, 0.2) is 53.4 Å². The molecule has 0 aliphatic heterocycles. The number of fused-ring (bicyclic) bond motifs is 1. The van der Waals surface area contributed by atoms with E-state index < -0.39 is 17.1 Å². The molecule has 0 aliphatic carbocycles. The number of hydrogen-bond donors (Lipinski definition) is 1. The number of carbonyl (C=O) groups is 1. The van der Waals surface area contributed by atoms with Gasteiger partial charge in [0.05, 0.1) is 7.11 Å². The predicted octanol–water partition coefficient (Wildman–Crippen LogP) is 3.91. The smallest absolute Gasteiger partial charge is 0.352 e. The van der Waals surface area contributed by atoms with Crippen LogP contribution in [0.5, 0.6) is 5.75 Å². The largest absolute Gasteiger partial charge is 0.611 e. The number of aromatic nitrogens is 1. The van der Waals surface area contributed by atoms with Gasteiger partial charge in [-0.2, -0.15) is 0 Å². The fourth-order valence-corrected chi connectivity index (χ4v) is 4.01. The van der Waals surface area contributed by atoms with Gasteiger partial charge in [-0.1, -0.05) is 18.2 Å². The number of aromatic carboxylic acids is 1. The molecule has 3 rings (SSSR count). The fraction of sp³-hybridized carbons (Fsp3) is 0.250. The van der Waals surface area contributed by atoms with Crippen LogP contribution in [0.1, 0.15) is 29.9 Å². The molecule has 1 aromatic heterocycles. The number of ether oxygens (including phenoxy) is 1. The van der Waals surface area contributed by atoms with Crippen LogP contribution in [0.25, 0.3) is 10.9 Å². The maximum atomic E-state index is 12.5. The van der Waals surface area contributed by atoms with E-state index in [2.05, 4.69) is 0 Å². The van der Waals surface area contributed by atoms with Gasteiger partial charge < -0.3 is 19.0 Å².